The van der Waals surface area contributed by atoms with Gasteiger partial charge in [-0.15, -0.1) is 24.5 Å². The Bertz CT molecular complexity index is 1060. The number of alkyl halides is 3. The number of likely N-dealkylation sites (tertiary alicyclic amines) is 1. The number of nitrogens with zero attached hydrogens (tertiary/aromatic N) is 3. The molecule has 11 heteroatoms. The smallest absolute Gasteiger partial charge is 0.406 e. The van der Waals surface area contributed by atoms with E-state index in [1.54, 1.807) is 11.0 Å². The van der Waals surface area contributed by atoms with Crippen LogP contribution in [0.25, 0.3) is 10.2 Å². The van der Waals surface area contributed by atoms with Crippen LogP contribution >= 0.6 is 11.3 Å². The standard InChI is InChI=1S/C19H17F3N4O3S/c20-19(21,22)29-13-5-3-11(4-6-13)25-16-14-8-15(30-17(14)24-10-23-16)18(28)26-7-1-2-12(26)9-27/h3-6,8,10,12,27H,1-2,7,9H2,(H,23,24,25). The minimum Gasteiger partial charge on any atom is -0.406 e. The molecule has 30 heavy (non-hydrogen) atoms. The average molecular weight is 438 g/mol. The Labute approximate surface area is 173 Å². The summed E-state index contributed by atoms with van der Waals surface area (Å²) in [4.78, 5) is 24.0. The number of carbonyl (C=O) groups excluding carboxylic acids is 1. The van der Waals surface area contributed by atoms with Crippen LogP contribution in [0, 0.1) is 0 Å². The first kappa shape index (κ1) is 20.4. The fourth-order valence-electron chi connectivity index (χ4n) is 3.37. The largest absolute Gasteiger partial charge is 0.573 e. The van der Waals surface area contributed by atoms with Crippen LogP contribution in [0.4, 0.5) is 24.7 Å². The third-order valence-corrected chi connectivity index (χ3v) is 5.77. The van der Waals surface area contributed by atoms with Crippen LogP contribution in [0.5, 0.6) is 5.75 Å². The van der Waals surface area contributed by atoms with Crippen LogP contribution in [0.3, 0.4) is 0 Å². The SMILES string of the molecule is O=C(c1cc2c(Nc3ccc(OC(F)(F)F)cc3)ncnc2s1)N1CCCC1CO. The van der Waals surface area contributed by atoms with E-state index in [0.29, 0.717) is 33.1 Å². The second kappa shape index (κ2) is 8.07. The number of halogens is 3. The molecule has 1 aliphatic rings. The minimum atomic E-state index is -4.75. The van der Waals surface area contributed by atoms with Gasteiger partial charge in [0, 0.05) is 12.2 Å². The van der Waals surface area contributed by atoms with Crippen molar-refractivity contribution in [3.05, 3.63) is 41.5 Å². The van der Waals surface area contributed by atoms with Gasteiger partial charge in [0.25, 0.3) is 5.91 Å². The number of thiophene rings is 1. The first-order chi connectivity index (χ1) is 14.3. The molecule has 0 spiro atoms. The molecule has 1 fully saturated rings. The molecule has 2 aromatic heterocycles. The summed E-state index contributed by atoms with van der Waals surface area (Å²) < 4.78 is 40.7. The lowest BCUT2D eigenvalue weighted by Crippen LogP contribution is -2.37. The predicted octanol–water partition coefficient (Wildman–Crippen LogP) is 3.93. The molecule has 4 rings (SSSR count). The van der Waals surface area contributed by atoms with Crippen LogP contribution < -0.4 is 10.1 Å². The number of fused-ring (bicyclic) bond motifs is 1. The van der Waals surface area contributed by atoms with Gasteiger partial charge in [-0.1, -0.05) is 0 Å². The average Bonchev–Trinajstić information content (AvgIpc) is 3.35. The molecule has 3 aromatic rings. The lowest BCUT2D eigenvalue weighted by atomic mass is 10.2. The molecule has 2 N–H and O–H groups in total. The summed E-state index contributed by atoms with van der Waals surface area (Å²) >= 11 is 1.23. The van der Waals surface area contributed by atoms with E-state index in [9.17, 15) is 23.1 Å². The van der Waals surface area contributed by atoms with Crippen molar-refractivity contribution >= 4 is 39.0 Å². The predicted molar refractivity (Wildman–Crippen MR) is 105 cm³/mol. The van der Waals surface area contributed by atoms with Crippen molar-refractivity contribution in [1.29, 1.82) is 0 Å². The van der Waals surface area contributed by atoms with Crippen molar-refractivity contribution in [3.8, 4) is 5.75 Å². The van der Waals surface area contributed by atoms with Crippen LogP contribution in [-0.4, -0.2) is 51.4 Å². The number of aliphatic hydroxyl groups excluding tert-OH is 1. The monoisotopic (exact) mass is 438 g/mol. The number of carbonyl (C=O) groups is 1. The van der Waals surface area contributed by atoms with Gasteiger partial charge in [0.05, 0.1) is 22.9 Å². The Hall–Kier alpha value is -2.92. The number of hydrogen-bond donors (Lipinski definition) is 2. The number of anilines is 2. The number of aliphatic hydroxyl groups is 1. The van der Waals surface area contributed by atoms with Crippen molar-refractivity contribution in [2.45, 2.75) is 25.2 Å². The van der Waals surface area contributed by atoms with E-state index in [1.165, 1.54) is 41.9 Å². The van der Waals surface area contributed by atoms with E-state index in [4.69, 9.17) is 0 Å². The fourth-order valence-corrected chi connectivity index (χ4v) is 4.33. The molecule has 1 saturated heterocycles. The summed E-state index contributed by atoms with van der Waals surface area (Å²) in [5, 5.41) is 13.1. The number of benzene rings is 1. The topological polar surface area (TPSA) is 87.6 Å². The zero-order valence-electron chi connectivity index (χ0n) is 15.5. The van der Waals surface area contributed by atoms with E-state index >= 15 is 0 Å². The first-order valence-corrected chi connectivity index (χ1v) is 9.95. The molecular weight excluding hydrogens is 421 g/mol. The summed E-state index contributed by atoms with van der Waals surface area (Å²) in [5.41, 5.74) is 0.503. The Morgan fingerprint density at radius 3 is 2.77 bits per heavy atom. The molecule has 1 amide bonds. The highest BCUT2D eigenvalue weighted by Crippen LogP contribution is 2.32. The highest BCUT2D eigenvalue weighted by atomic mass is 32.1. The molecule has 0 aliphatic carbocycles. The van der Waals surface area contributed by atoms with Gasteiger partial charge in [-0.05, 0) is 43.2 Å². The maximum Gasteiger partial charge on any atom is 0.573 e. The maximum absolute atomic E-state index is 12.9. The van der Waals surface area contributed by atoms with Gasteiger partial charge in [-0.25, -0.2) is 9.97 Å². The van der Waals surface area contributed by atoms with E-state index in [1.807, 2.05) is 0 Å². The number of ether oxygens (including phenoxy) is 1. The number of rotatable bonds is 5. The molecule has 1 unspecified atom stereocenters. The molecule has 1 aliphatic heterocycles. The van der Waals surface area contributed by atoms with Crippen molar-refractivity contribution in [2.75, 3.05) is 18.5 Å². The second-order valence-corrected chi connectivity index (χ2v) is 7.76. The summed E-state index contributed by atoms with van der Waals surface area (Å²) in [7, 11) is 0. The fraction of sp³-hybridized carbons (Fsp3) is 0.316. The molecule has 1 aromatic carbocycles. The van der Waals surface area contributed by atoms with Gasteiger partial charge >= 0.3 is 6.36 Å². The molecular formula is C19H17F3N4O3S. The van der Waals surface area contributed by atoms with Gasteiger partial charge in [0.15, 0.2) is 0 Å². The zero-order valence-corrected chi connectivity index (χ0v) is 16.3. The Morgan fingerprint density at radius 1 is 1.30 bits per heavy atom. The van der Waals surface area contributed by atoms with E-state index < -0.39 is 6.36 Å². The molecule has 0 radical (unpaired) electrons. The lowest BCUT2D eigenvalue weighted by Gasteiger charge is -2.22. The highest BCUT2D eigenvalue weighted by molar-refractivity contribution is 7.20. The van der Waals surface area contributed by atoms with Crippen molar-refractivity contribution in [1.82, 2.24) is 14.9 Å². The Morgan fingerprint density at radius 2 is 2.07 bits per heavy atom. The van der Waals surface area contributed by atoms with E-state index in [0.717, 1.165) is 12.8 Å². The van der Waals surface area contributed by atoms with Crippen molar-refractivity contribution in [3.63, 3.8) is 0 Å². The first-order valence-electron chi connectivity index (χ1n) is 9.13. The summed E-state index contributed by atoms with van der Waals surface area (Å²) in [6.45, 7) is 0.527. The number of nitrogens with one attached hydrogen (secondary N) is 1. The summed E-state index contributed by atoms with van der Waals surface area (Å²) in [6.07, 6.45) is -1.78. The molecule has 158 valence electrons. The molecule has 0 saturated carbocycles. The van der Waals surface area contributed by atoms with Crippen LogP contribution in [0.1, 0.15) is 22.5 Å². The highest BCUT2D eigenvalue weighted by Gasteiger charge is 2.31. The third kappa shape index (κ3) is 4.31. The third-order valence-electron chi connectivity index (χ3n) is 4.74. The zero-order chi connectivity index (χ0) is 21.3. The maximum atomic E-state index is 12.9. The summed E-state index contributed by atoms with van der Waals surface area (Å²) in [6, 6.07) is 6.77. The van der Waals surface area contributed by atoms with Crippen LogP contribution in [0.15, 0.2) is 36.7 Å². The van der Waals surface area contributed by atoms with Gasteiger partial charge in [0.1, 0.15) is 22.7 Å². The lowest BCUT2D eigenvalue weighted by molar-refractivity contribution is -0.274. The molecule has 0 bridgehead atoms. The van der Waals surface area contributed by atoms with Gasteiger partial charge in [-0.3, -0.25) is 4.79 Å². The van der Waals surface area contributed by atoms with Crippen LogP contribution in [-0.2, 0) is 0 Å². The van der Waals surface area contributed by atoms with E-state index in [2.05, 4.69) is 20.0 Å². The molecule has 3 heterocycles. The summed E-state index contributed by atoms with van der Waals surface area (Å²) in [5.74, 6) is -0.0533. The van der Waals surface area contributed by atoms with Gasteiger partial charge in [-0.2, -0.15) is 0 Å². The quantitative estimate of drug-likeness (QED) is 0.628. The van der Waals surface area contributed by atoms with E-state index in [-0.39, 0.29) is 24.3 Å². The minimum absolute atomic E-state index is 0.0721. The van der Waals surface area contributed by atoms with Crippen molar-refractivity contribution < 1.29 is 27.8 Å². The van der Waals surface area contributed by atoms with Crippen LogP contribution in [0.2, 0.25) is 0 Å². The number of hydrogen-bond acceptors (Lipinski definition) is 7. The molecule has 1 atom stereocenters. The molecule has 7 nitrogen and oxygen atoms in total. The number of aromatic nitrogens is 2. The second-order valence-electron chi connectivity index (χ2n) is 6.73. The normalized spacial score (nSPS) is 16.8. The number of amides is 1. The van der Waals surface area contributed by atoms with Gasteiger partial charge < -0.3 is 20.1 Å². The van der Waals surface area contributed by atoms with Crippen molar-refractivity contribution in [2.24, 2.45) is 0 Å². The Kier molecular flexibility index (Phi) is 5.48. The van der Waals surface area contributed by atoms with Gasteiger partial charge in [0.2, 0.25) is 0 Å². The Balaban J connectivity index is 1.56.